The molecule has 1 aliphatic heterocycles. The molecule has 0 spiro atoms. The molecule has 1 aliphatic carbocycles. The molecule has 3 unspecified atom stereocenters. The van der Waals surface area contributed by atoms with Crippen LogP contribution in [0.3, 0.4) is 0 Å². The number of epoxide rings is 1. The lowest BCUT2D eigenvalue weighted by atomic mass is 9.97. The summed E-state index contributed by atoms with van der Waals surface area (Å²) in [6, 6.07) is 6.10. The summed E-state index contributed by atoms with van der Waals surface area (Å²) in [4.78, 5) is 23.1. The van der Waals surface area contributed by atoms with E-state index in [0.29, 0.717) is 12.5 Å². The molecule has 0 bridgehead atoms. The minimum atomic E-state index is -1.12. The first kappa shape index (κ1) is 12.2. The predicted octanol–water partition coefficient (Wildman–Crippen LogP) is 1.86. The Labute approximate surface area is 110 Å². The fourth-order valence-corrected chi connectivity index (χ4v) is 2.54. The zero-order valence-electron chi connectivity index (χ0n) is 10.2. The Hall–Kier alpha value is -1.88. The summed E-state index contributed by atoms with van der Waals surface area (Å²) in [6.07, 6.45) is 2.80. The third-order valence-electron chi connectivity index (χ3n) is 3.61. The maximum absolute atomic E-state index is 12.0. The van der Waals surface area contributed by atoms with E-state index >= 15 is 0 Å². The fraction of sp³-hybridized carbons (Fsp3) is 0.429. The summed E-state index contributed by atoms with van der Waals surface area (Å²) in [5.41, 5.74) is 0.0812. The van der Waals surface area contributed by atoms with Crippen molar-refractivity contribution in [2.45, 2.75) is 37.6 Å². The number of benzene rings is 1. The maximum Gasteiger partial charge on any atom is 0.339 e. The normalized spacial score (nSPS) is 28.3. The van der Waals surface area contributed by atoms with Crippen LogP contribution in [-0.4, -0.2) is 35.4 Å². The summed E-state index contributed by atoms with van der Waals surface area (Å²) in [7, 11) is 0. The summed E-state index contributed by atoms with van der Waals surface area (Å²) in [6.45, 7) is 0. The van der Waals surface area contributed by atoms with Gasteiger partial charge in [0.25, 0.3) is 0 Å². The molecule has 0 radical (unpaired) electrons. The molecule has 1 aromatic carbocycles. The standard InChI is InChI=1S/C14H14O5/c15-13(16)9-3-1-2-4-10(9)14(17)18-8-5-6-11-12(7-8)19-11/h1-4,8,11-12H,5-7H2,(H,15,16). The smallest absolute Gasteiger partial charge is 0.339 e. The van der Waals surface area contributed by atoms with Crippen molar-refractivity contribution in [1.29, 1.82) is 0 Å². The molecule has 1 saturated carbocycles. The van der Waals surface area contributed by atoms with E-state index in [9.17, 15) is 9.59 Å². The zero-order valence-corrected chi connectivity index (χ0v) is 10.2. The third-order valence-corrected chi connectivity index (χ3v) is 3.61. The minimum Gasteiger partial charge on any atom is -0.478 e. The van der Waals surface area contributed by atoms with Crippen LogP contribution < -0.4 is 0 Å². The summed E-state index contributed by atoms with van der Waals surface area (Å²) < 4.78 is 10.8. The van der Waals surface area contributed by atoms with E-state index in [1.54, 1.807) is 12.1 Å². The first-order valence-corrected chi connectivity index (χ1v) is 6.34. The average Bonchev–Trinajstić information content (AvgIpc) is 3.17. The van der Waals surface area contributed by atoms with Crippen molar-refractivity contribution in [2.75, 3.05) is 0 Å². The van der Waals surface area contributed by atoms with Crippen molar-refractivity contribution in [3.8, 4) is 0 Å². The molecule has 3 atom stereocenters. The second-order valence-electron chi connectivity index (χ2n) is 4.90. The van der Waals surface area contributed by atoms with Gasteiger partial charge < -0.3 is 14.6 Å². The Morgan fingerprint density at radius 2 is 1.89 bits per heavy atom. The fourth-order valence-electron chi connectivity index (χ4n) is 2.54. The lowest BCUT2D eigenvalue weighted by Crippen LogP contribution is -2.25. The Morgan fingerprint density at radius 1 is 1.16 bits per heavy atom. The van der Waals surface area contributed by atoms with Gasteiger partial charge in [-0.1, -0.05) is 12.1 Å². The van der Waals surface area contributed by atoms with E-state index in [-0.39, 0.29) is 23.3 Å². The van der Waals surface area contributed by atoms with Crippen LogP contribution in [-0.2, 0) is 9.47 Å². The van der Waals surface area contributed by atoms with Gasteiger partial charge in [0.15, 0.2) is 0 Å². The number of rotatable bonds is 3. The Balaban J connectivity index is 1.71. The molecule has 5 nitrogen and oxygen atoms in total. The van der Waals surface area contributed by atoms with Gasteiger partial charge in [-0.25, -0.2) is 9.59 Å². The lowest BCUT2D eigenvalue weighted by Gasteiger charge is -2.19. The molecule has 1 aromatic rings. The molecule has 5 heteroatoms. The Morgan fingerprint density at radius 3 is 2.58 bits per heavy atom. The SMILES string of the molecule is O=C(O)c1ccccc1C(=O)OC1CCC2OC2C1. The predicted molar refractivity (Wildman–Crippen MR) is 65.1 cm³/mol. The highest BCUT2D eigenvalue weighted by molar-refractivity contribution is 6.02. The number of hydrogen-bond donors (Lipinski definition) is 1. The van der Waals surface area contributed by atoms with Gasteiger partial charge in [0.05, 0.1) is 23.3 Å². The van der Waals surface area contributed by atoms with Gasteiger partial charge >= 0.3 is 11.9 Å². The average molecular weight is 262 g/mol. The van der Waals surface area contributed by atoms with Crippen LogP contribution in [0.25, 0.3) is 0 Å². The minimum absolute atomic E-state index is 0.0242. The number of hydrogen-bond acceptors (Lipinski definition) is 4. The van der Waals surface area contributed by atoms with Gasteiger partial charge in [0.2, 0.25) is 0 Å². The molecule has 0 aromatic heterocycles. The van der Waals surface area contributed by atoms with Gasteiger partial charge in [-0.05, 0) is 25.0 Å². The molecule has 1 N–H and O–H groups in total. The molecule has 1 heterocycles. The number of carbonyl (C=O) groups excluding carboxylic acids is 1. The molecule has 0 amide bonds. The molecular weight excluding hydrogens is 248 g/mol. The number of fused-ring (bicyclic) bond motifs is 1. The summed E-state index contributed by atoms with van der Waals surface area (Å²) >= 11 is 0. The molecule has 2 fully saturated rings. The van der Waals surface area contributed by atoms with Crippen LogP contribution in [0.1, 0.15) is 40.0 Å². The number of esters is 1. The number of ether oxygens (including phenoxy) is 2. The number of carboxylic acids is 1. The summed E-state index contributed by atoms with van der Waals surface area (Å²) in [5, 5.41) is 9.04. The maximum atomic E-state index is 12.0. The number of carbonyl (C=O) groups is 2. The van der Waals surface area contributed by atoms with Gasteiger partial charge in [-0.2, -0.15) is 0 Å². The van der Waals surface area contributed by atoms with E-state index < -0.39 is 11.9 Å². The molecule has 3 rings (SSSR count). The van der Waals surface area contributed by atoms with Crippen molar-refractivity contribution in [2.24, 2.45) is 0 Å². The van der Waals surface area contributed by atoms with E-state index in [1.165, 1.54) is 12.1 Å². The highest BCUT2D eigenvalue weighted by atomic mass is 16.6. The van der Waals surface area contributed by atoms with Gasteiger partial charge in [0.1, 0.15) is 6.10 Å². The van der Waals surface area contributed by atoms with Crippen LogP contribution >= 0.6 is 0 Å². The first-order chi connectivity index (χ1) is 9.15. The van der Waals surface area contributed by atoms with Crippen molar-refractivity contribution in [1.82, 2.24) is 0 Å². The van der Waals surface area contributed by atoms with Crippen molar-refractivity contribution < 1.29 is 24.2 Å². The van der Waals surface area contributed by atoms with Gasteiger partial charge in [-0.3, -0.25) is 0 Å². The van der Waals surface area contributed by atoms with Crippen molar-refractivity contribution in [3.05, 3.63) is 35.4 Å². The van der Waals surface area contributed by atoms with E-state index in [1.807, 2.05) is 0 Å². The van der Waals surface area contributed by atoms with E-state index in [2.05, 4.69) is 0 Å². The van der Waals surface area contributed by atoms with E-state index in [4.69, 9.17) is 14.6 Å². The molecule has 100 valence electrons. The van der Waals surface area contributed by atoms with Crippen LogP contribution in [0.4, 0.5) is 0 Å². The van der Waals surface area contributed by atoms with Crippen molar-refractivity contribution >= 4 is 11.9 Å². The number of aromatic carboxylic acids is 1. The van der Waals surface area contributed by atoms with E-state index in [0.717, 1.165) is 12.8 Å². The quantitative estimate of drug-likeness (QED) is 0.664. The van der Waals surface area contributed by atoms with Crippen LogP contribution in [0.15, 0.2) is 24.3 Å². The molecular formula is C14H14O5. The molecule has 1 saturated heterocycles. The molecule has 19 heavy (non-hydrogen) atoms. The Bertz CT molecular complexity index is 524. The van der Waals surface area contributed by atoms with Crippen molar-refractivity contribution in [3.63, 3.8) is 0 Å². The highest BCUT2D eigenvalue weighted by Crippen LogP contribution is 2.37. The summed E-state index contributed by atoms with van der Waals surface area (Å²) in [5.74, 6) is -1.69. The van der Waals surface area contributed by atoms with Crippen LogP contribution in [0, 0.1) is 0 Å². The molecule has 2 aliphatic rings. The number of carboxylic acid groups (broad SMARTS) is 1. The van der Waals surface area contributed by atoms with Crippen LogP contribution in [0.2, 0.25) is 0 Å². The highest BCUT2D eigenvalue weighted by Gasteiger charge is 2.45. The van der Waals surface area contributed by atoms with Gasteiger partial charge in [0, 0.05) is 6.42 Å². The Kier molecular flexibility index (Phi) is 2.98. The third kappa shape index (κ3) is 2.46. The largest absolute Gasteiger partial charge is 0.478 e. The van der Waals surface area contributed by atoms with Gasteiger partial charge in [-0.15, -0.1) is 0 Å². The van der Waals surface area contributed by atoms with Crippen LogP contribution in [0.5, 0.6) is 0 Å². The second kappa shape index (κ2) is 4.66. The monoisotopic (exact) mass is 262 g/mol. The second-order valence-corrected chi connectivity index (χ2v) is 4.90. The topological polar surface area (TPSA) is 76.1 Å². The first-order valence-electron chi connectivity index (χ1n) is 6.34. The lowest BCUT2D eigenvalue weighted by molar-refractivity contribution is 0.0225. The zero-order chi connectivity index (χ0) is 13.4.